The van der Waals surface area contributed by atoms with Crippen LogP contribution < -0.4 is 16.0 Å². The molecule has 0 spiro atoms. The van der Waals surface area contributed by atoms with E-state index < -0.39 is 57.5 Å². The lowest BCUT2D eigenvalue weighted by atomic mass is 9.84. The van der Waals surface area contributed by atoms with Gasteiger partial charge in [0.1, 0.15) is 23.5 Å². The molecule has 1 aliphatic heterocycles. The van der Waals surface area contributed by atoms with Gasteiger partial charge in [0.25, 0.3) is 0 Å². The van der Waals surface area contributed by atoms with Crippen LogP contribution in [0.2, 0.25) is 0 Å². The summed E-state index contributed by atoms with van der Waals surface area (Å²) in [5.74, 6) is -3.75. The second kappa shape index (κ2) is 15.7. The Kier molecular flexibility index (Phi) is 11.4. The first-order chi connectivity index (χ1) is 23.5. The van der Waals surface area contributed by atoms with Gasteiger partial charge in [-0.3, -0.25) is 4.79 Å². The van der Waals surface area contributed by atoms with E-state index in [4.69, 9.17) is 4.74 Å². The average molecular weight is 695 g/mol. The van der Waals surface area contributed by atoms with Gasteiger partial charge in [-0.25, -0.2) is 26.4 Å². The minimum atomic E-state index is -3.87. The summed E-state index contributed by atoms with van der Waals surface area (Å²) in [5.41, 5.74) is 0.740. The van der Waals surface area contributed by atoms with Crippen LogP contribution in [0.15, 0.2) is 102 Å². The lowest BCUT2D eigenvalue weighted by Crippen LogP contribution is -2.58. The Morgan fingerprint density at radius 1 is 0.898 bits per heavy atom. The monoisotopic (exact) mass is 694 g/mol. The smallest absolute Gasteiger partial charge is 0.407 e. The fourth-order valence-electron chi connectivity index (χ4n) is 6.29. The number of carbonyl (C=O) groups excluding carboxylic acids is 2. The third-order valence-electron chi connectivity index (χ3n) is 8.53. The summed E-state index contributed by atoms with van der Waals surface area (Å²) in [7, 11) is -2.77. The molecule has 3 N–H and O–H groups in total. The topological polar surface area (TPSA) is 117 Å². The molecular formula is C36H37F3N4O5S. The Bertz CT molecular complexity index is 1850. The number of halogens is 3. The number of piperazine rings is 1. The van der Waals surface area contributed by atoms with Crippen molar-refractivity contribution in [2.75, 3.05) is 25.5 Å². The standard InChI is InChI=1S/C36H37F3N4O5S/c1-23-21-40-22-28(43(23)49(46,47)29-13-4-3-5-14-29)17-18-30-31(39)15-8-16-32(30)41-35(44)34(42-36(45)48-2)33(24-9-6-11-26(37)19-24)25-10-7-12-27(38)20-25/h3-16,19-20,23,28,33-34,40H,17-18,21-22H2,1-2H3,(H,41,44)(H,42,45). The number of carbonyl (C=O) groups is 2. The molecule has 4 aromatic rings. The molecule has 258 valence electrons. The van der Waals surface area contributed by atoms with Crippen LogP contribution in [-0.2, 0) is 26.0 Å². The van der Waals surface area contributed by atoms with Gasteiger partial charge in [-0.1, -0.05) is 48.5 Å². The molecule has 0 saturated carbocycles. The number of anilines is 1. The quantitative estimate of drug-likeness (QED) is 0.189. The Morgan fingerprint density at radius 2 is 1.53 bits per heavy atom. The summed E-state index contributed by atoms with van der Waals surface area (Å²) in [4.78, 5) is 26.8. The largest absolute Gasteiger partial charge is 0.453 e. The number of nitrogens with one attached hydrogen (secondary N) is 3. The molecule has 0 aromatic heterocycles. The van der Waals surface area contributed by atoms with Crippen LogP contribution in [0.3, 0.4) is 0 Å². The van der Waals surface area contributed by atoms with Crippen molar-refractivity contribution in [2.24, 2.45) is 0 Å². The first-order valence-corrected chi connectivity index (χ1v) is 17.2. The van der Waals surface area contributed by atoms with E-state index in [0.29, 0.717) is 13.1 Å². The van der Waals surface area contributed by atoms with Crippen LogP contribution in [0.1, 0.15) is 36.0 Å². The van der Waals surface area contributed by atoms with Crippen LogP contribution in [0.5, 0.6) is 0 Å². The first kappa shape index (κ1) is 35.6. The van der Waals surface area contributed by atoms with Crippen molar-refractivity contribution in [2.45, 2.75) is 48.7 Å². The minimum absolute atomic E-state index is 0.0501. The van der Waals surface area contributed by atoms with Crippen LogP contribution in [0, 0.1) is 17.5 Å². The zero-order chi connectivity index (χ0) is 35.1. The number of benzene rings is 4. The fraction of sp³-hybridized carbons (Fsp3) is 0.278. The molecule has 0 aliphatic carbocycles. The number of hydrogen-bond donors (Lipinski definition) is 3. The van der Waals surface area contributed by atoms with E-state index in [-0.39, 0.29) is 46.2 Å². The highest BCUT2D eigenvalue weighted by Crippen LogP contribution is 2.32. The molecule has 13 heteroatoms. The lowest BCUT2D eigenvalue weighted by Gasteiger charge is -2.40. The highest BCUT2D eigenvalue weighted by molar-refractivity contribution is 7.89. The van der Waals surface area contributed by atoms with Crippen molar-refractivity contribution in [1.29, 1.82) is 0 Å². The van der Waals surface area contributed by atoms with Crippen LogP contribution in [0.4, 0.5) is 23.7 Å². The predicted octanol–water partition coefficient (Wildman–Crippen LogP) is 5.58. The maximum atomic E-state index is 15.5. The van der Waals surface area contributed by atoms with E-state index in [0.717, 1.165) is 7.11 Å². The molecule has 1 fully saturated rings. The van der Waals surface area contributed by atoms with E-state index >= 15 is 4.39 Å². The summed E-state index contributed by atoms with van der Waals surface area (Å²) in [6, 6.07) is 20.6. The van der Waals surface area contributed by atoms with Crippen molar-refractivity contribution in [1.82, 2.24) is 14.9 Å². The number of methoxy groups -OCH3 is 1. The molecule has 1 saturated heterocycles. The molecule has 1 heterocycles. The molecule has 3 unspecified atom stereocenters. The van der Waals surface area contributed by atoms with Crippen molar-refractivity contribution >= 4 is 27.7 Å². The Labute approximate surface area is 283 Å². The number of rotatable bonds is 11. The Morgan fingerprint density at radius 3 is 2.14 bits per heavy atom. The highest BCUT2D eigenvalue weighted by Gasteiger charge is 2.38. The molecule has 9 nitrogen and oxygen atoms in total. The van der Waals surface area contributed by atoms with Gasteiger partial charge in [0.15, 0.2) is 0 Å². The average Bonchev–Trinajstić information content (AvgIpc) is 3.08. The number of nitrogens with zero attached hydrogens (tertiary/aromatic N) is 1. The maximum absolute atomic E-state index is 15.5. The SMILES string of the molecule is COC(=O)NC(C(=O)Nc1cccc(F)c1CCC1CNCC(C)N1S(=O)(=O)c1ccccc1)C(c1cccc(F)c1)c1cccc(F)c1. The van der Waals surface area contributed by atoms with Crippen molar-refractivity contribution in [3.05, 3.63) is 131 Å². The molecule has 3 atom stereocenters. The molecule has 2 amide bonds. The van der Waals surface area contributed by atoms with Gasteiger partial charge in [0.2, 0.25) is 15.9 Å². The maximum Gasteiger partial charge on any atom is 0.407 e. The third kappa shape index (κ3) is 8.30. The van der Waals surface area contributed by atoms with Gasteiger partial charge in [0.05, 0.1) is 12.0 Å². The molecular weight excluding hydrogens is 657 g/mol. The van der Waals surface area contributed by atoms with Crippen molar-refractivity contribution in [3.8, 4) is 0 Å². The van der Waals surface area contributed by atoms with Gasteiger partial charge >= 0.3 is 6.09 Å². The van der Waals surface area contributed by atoms with Gasteiger partial charge in [-0.2, -0.15) is 4.31 Å². The van der Waals surface area contributed by atoms with E-state index in [1.807, 2.05) is 0 Å². The first-order valence-electron chi connectivity index (χ1n) is 15.7. The summed E-state index contributed by atoms with van der Waals surface area (Å²) in [6.45, 7) is 2.58. The number of hydrogen-bond acceptors (Lipinski definition) is 6. The van der Waals surface area contributed by atoms with Crippen LogP contribution in [-0.4, -0.2) is 63.0 Å². The Hall–Kier alpha value is -4.72. The van der Waals surface area contributed by atoms with Crippen LogP contribution in [0.25, 0.3) is 0 Å². The second-order valence-corrected chi connectivity index (χ2v) is 13.6. The Balaban J connectivity index is 1.46. The summed E-state index contributed by atoms with van der Waals surface area (Å²) < 4.78 is 78.0. The normalized spacial score (nSPS) is 17.3. The molecule has 5 rings (SSSR count). The van der Waals surface area contributed by atoms with E-state index in [1.165, 1.54) is 71.0 Å². The second-order valence-electron chi connectivity index (χ2n) is 11.8. The number of alkyl carbamates (subject to hydrolysis) is 1. The molecule has 1 aliphatic rings. The van der Waals surface area contributed by atoms with E-state index in [2.05, 4.69) is 16.0 Å². The molecule has 0 bridgehead atoms. The summed E-state index contributed by atoms with van der Waals surface area (Å²) >= 11 is 0. The zero-order valence-electron chi connectivity index (χ0n) is 26.9. The number of sulfonamides is 1. The lowest BCUT2D eigenvalue weighted by molar-refractivity contribution is -0.118. The van der Waals surface area contributed by atoms with Gasteiger partial charge in [-0.05, 0) is 79.4 Å². The minimum Gasteiger partial charge on any atom is -0.453 e. The van der Waals surface area contributed by atoms with Gasteiger partial charge in [0, 0.05) is 42.3 Å². The van der Waals surface area contributed by atoms with Gasteiger partial charge < -0.3 is 20.7 Å². The molecule has 49 heavy (non-hydrogen) atoms. The summed E-state index contributed by atoms with van der Waals surface area (Å²) in [6.07, 6.45) is -0.711. The molecule has 4 aromatic carbocycles. The third-order valence-corrected chi connectivity index (χ3v) is 10.6. The zero-order valence-corrected chi connectivity index (χ0v) is 27.7. The summed E-state index contributed by atoms with van der Waals surface area (Å²) in [5, 5.41) is 8.45. The number of ether oxygens (including phenoxy) is 1. The van der Waals surface area contributed by atoms with E-state index in [9.17, 15) is 26.8 Å². The van der Waals surface area contributed by atoms with Crippen LogP contribution >= 0.6 is 0 Å². The van der Waals surface area contributed by atoms with Gasteiger partial charge in [-0.15, -0.1) is 0 Å². The van der Waals surface area contributed by atoms with E-state index in [1.54, 1.807) is 37.3 Å². The predicted molar refractivity (Wildman–Crippen MR) is 179 cm³/mol. The molecule has 0 radical (unpaired) electrons. The van der Waals surface area contributed by atoms with Crippen molar-refractivity contribution < 1.29 is 35.9 Å². The fourth-order valence-corrected chi connectivity index (χ4v) is 8.16. The van der Waals surface area contributed by atoms with Crippen molar-refractivity contribution in [3.63, 3.8) is 0 Å². The highest BCUT2D eigenvalue weighted by atomic mass is 32.2. The number of amides is 2.